The normalized spacial score (nSPS) is 19.7. The average molecular weight is 250 g/mol. The fraction of sp³-hybridized carbons (Fsp3) is 0.583. The minimum Gasteiger partial charge on any atom is -0.344 e. The van der Waals surface area contributed by atoms with Gasteiger partial charge in [0.25, 0.3) is 0 Å². The molecule has 1 aliphatic rings. The van der Waals surface area contributed by atoms with Gasteiger partial charge >= 0.3 is 0 Å². The quantitative estimate of drug-likeness (QED) is 0.729. The number of nitrogens with one attached hydrogen (secondary N) is 3. The fourth-order valence-corrected chi connectivity index (χ4v) is 1.79. The van der Waals surface area contributed by atoms with E-state index in [2.05, 4.69) is 41.6 Å². The smallest absolute Gasteiger partial charge is 0.248 e. The molecule has 1 atom stereocenters. The van der Waals surface area contributed by atoms with Crippen LogP contribution in [0.3, 0.4) is 0 Å². The van der Waals surface area contributed by atoms with E-state index in [4.69, 9.17) is 0 Å². The first-order chi connectivity index (χ1) is 8.36. The number of amides is 2. The van der Waals surface area contributed by atoms with Crippen LogP contribution in [0, 0.1) is 0 Å². The van der Waals surface area contributed by atoms with Gasteiger partial charge in [0.05, 0.1) is 0 Å². The zero-order valence-corrected chi connectivity index (χ0v) is 10.8. The maximum absolute atomic E-state index is 11.8. The Labute approximate surface area is 106 Å². The van der Waals surface area contributed by atoms with Crippen LogP contribution in [0.15, 0.2) is 6.07 Å². The van der Waals surface area contributed by atoms with Gasteiger partial charge in [-0.05, 0) is 6.42 Å². The molecule has 0 saturated carbocycles. The van der Waals surface area contributed by atoms with Gasteiger partial charge in [-0.15, -0.1) is 0 Å². The molecule has 2 rings (SSSR count). The highest BCUT2D eigenvalue weighted by Crippen LogP contribution is 2.22. The van der Waals surface area contributed by atoms with E-state index >= 15 is 0 Å². The molecule has 1 aliphatic heterocycles. The Morgan fingerprint density at radius 1 is 1.50 bits per heavy atom. The third-order valence-corrected chi connectivity index (χ3v) is 2.95. The summed E-state index contributed by atoms with van der Waals surface area (Å²) < 4.78 is 0. The van der Waals surface area contributed by atoms with Crippen LogP contribution in [-0.2, 0) is 15.0 Å². The van der Waals surface area contributed by atoms with Gasteiger partial charge in [0, 0.05) is 23.6 Å². The molecule has 0 aliphatic carbocycles. The Kier molecular flexibility index (Phi) is 3.11. The summed E-state index contributed by atoms with van der Waals surface area (Å²) in [6, 6.07) is 1.38. The van der Waals surface area contributed by atoms with Crippen molar-refractivity contribution >= 4 is 17.6 Å². The van der Waals surface area contributed by atoms with Gasteiger partial charge in [-0.2, -0.15) is 5.10 Å². The van der Waals surface area contributed by atoms with E-state index in [9.17, 15) is 9.59 Å². The largest absolute Gasteiger partial charge is 0.344 e. The lowest BCUT2D eigenvalue weighted by Gasteiger charge is -2.14. The number of anilines is 1. The number of carbonyl (C=O) groups is 2. The number of rotatable bonds is 2. The summed E-state index contributed by atoms with van der Waals surface area (Å²) in [6.45, 7) is 6.18. The van der Waals surface area contributed by atoms with Gasteiger partial charge in [-0.25, -0.2) is 0 Å². The minimum absolute atomic E-state index is 0.0441. The summed E-state index contributed by atoms with van der Waals surface area (Å²) >= 11 is 0. The second-order valence-electron chi connectivity index (χ2n) is 5.56. The maximum atomic E-state index is 11.8. The number of hydrogen-bond acceptors (Lipinski definition) is 3. The number of aromatic amines is 1. The molecule has 2 amide bonds. The highest BCUT2D eigenvalue weighted by Gasteiger charge is 2.27. The Morgan fingerprint density at radius 3 is 2.72 bits per heavy atom. The molecule has 1 saturated heterocycles. The topological polar surface area (TPSA) is 86.9 Å². The van der Waals surface area contributed by atoms with E-state index in [1.165, 1.54) is 0 Å². The highest BCUT2D eigenvalue weighted by molar-refractivity contribution is 5.98. The molecule has 0 unspecified atom stereocenters. The van der Waals surface area contributed by atoms with E-state index in [0.29, 0.717) is 18.7 Å². The number of nitrogens with zero attached hydrogens (tertiary/aromatic N) is 1. The third kappa shape index (κ3) is 2.69. The number of aromatic nitrogens is 2. The summed E-state index contributed by atoms with van der Waals surface area (Å²) in [6.07, 6.45) is 0.951. The SMILES string of the molecule is CC(C)(C)c1cc(NC(=O)[C@H]2CCC(=O)N2)n[nH]1. The number of carbonyl (C=O) groups excluding carboxylic acids is 2. The minimum atomic E-state index is -0.438. The van der Waals surface area contributed by atoms with E-state index in [-0.39, 0.29) is 17.2 Å². The summed E-state index contributed by atoms with van der Waals surface area (Å²) in [5, 5.41) is 12.3. The molecular formula is C12H18N4O2. The van der Waals surface area contributed by atoms with Gasteiger partial charge < -0.3 is 10.6 Å². The second kappa shape index (κ2) is 4.44. The van der Waals surface area contributed by atoms with E-state index in [1.54, 1.807) is 0 Å². The molecule has 0 bridgehead atoms. The predicted molar refractivity (Wildman–Crippen MR) is 67.1 cm³/mol. The van der Waals surface area contributed by atoms with Crippen LogP contribution in [0.2, 0.25) is 0 Å². The average Bonchev–Trinajstić information content (AvgIpc) is 2.85. The monoisotopic (exact) mass is 250 g/mol. The van der Waals surface area contributed by atoms with Crippen LogP contribution in [0.25, 0.3) is 0 Å². The molecule has 1 aromatic rings. The Bertz CT molecular complexity index is 473. The van der Waals surface area contributed by atoms with Gasteiger partial charge in [-0.1, -0.05) is 20.8 Å². The molecule has 98 valence electrons. The third-order valence-electron chi connectivity index (χ3n) is 2.95. The van der Waals surface area contributed by atoms with Crippen molar-refractivity contribution in [3.8, 4) is 0 Å². The zero-order valence-electron chi connectivity index (χ0n) is 10.8. The molecule has 0 radical (unpaired) electrons. The van der Waals surface area contributed by atoms with Crippen molar-refractivity contribution in [1.82, 2.24) is 15.5 Å². The Hall–Kier alpha value is -1.85. The molecule has 0 spiro atoms. The molecule has 2 heterocycles. The summed E-state index contributed by atoms with van der Waals surface area (Å²) in [4.78, 5) is 22.9. The van der Waals surface area contributed by atoms with Crippen LogP contribution < -0.4 is 10.6 Å². The summed E-state index contributed by atoms with van der Waals surface area (Å²) in [5.41, 5.74) is 0.908. The van der Waals surface area contributed by atoms with Gasteiger partial charge in [0.15, 0.2) is 5.82 Å². The van der Waals surface area contributed by atoms with Crippen molar-refractivity contribution in [2.45, 2.75) is 45.1 Å². The predicted octanol–water partition coefficient (Wildman–Crippen LogP) is 0.924. The van der Waals surface area contributed by atoms with E-state index in [1.807, 2.05) is 6.07 Å². The van der Waals surface area contributed by atoms with Crippen LogP contribution in [0.4, 0.5) is 5.82 Å². The molecule has 0 aromatic carbocycles. The van der Waals surface area contributed by atoms with Gasteiger partial charge in [0.2, 0.25) is 11.8 Å². The van der Waals surface area contributed by atoms with Gasteiger partial charge in [-0.3, -0.25) is 14.7 Å². The van der Waals surface area contributed by atoms with Crippen molar-refractivity contribution in [2.75, 3.05) is 5.32 Å². The number of H-pyrrole nitrogens is 1. The van der Waals surface area contributed by atoms with Crippen LogP contribution in [0.5, 0.6) is 0 Å². The van der Waals surface area contributed by atoms with E-state index < -0.39 is 6.04 Å². The Balaban J connectivity index is 1.99. The zero-order chi connectivity index (χ0) is 13.3. The maximum Gasteiger partial charge on any atom is 0.248 e. The molecule has 1 fully saturated rings. The molecule has 1 aromatic heterocycles. The molecule has 3 N–H and O–H groups in total. The van der Waals surface area contributed by atoms with Crippen LogP contribution in [0.1, 0.15) is 39.3 Å². The first-order valence-electron chi connectivity index (χ1n) is 6.02. The molecular weight excluding hydrogens is 232 g/mol. The first-order valence-corrected chi connectivity index (χ1v) is 6.02. The summed E-state index contributed by atoms with van der Waals surface area (Å²) in [7, 11) is 0. The molecule has 6 heteroatoms. The summed E-state index contributed by atoms with van der Waals surface area (Å²) in [5.74, 6) is 0.200. The van der Waals surface area contributed by atoms with E-state index in [0.717, 1.165) is 5.69 Å². The van der Waals surface area contributed by atoms with Crippen molar-refractivity contribution in [1.29, 1.82) is 0 Å². The molecule has 18 heavy (non-hydrogen) atoms. The second-order valence-corrected chi connectivity index (χ2v) is 5.56. The lowest BCUT2D eigenvalue weighted by atomic mass is 9.92. The van der Waals surface area contributed by atoms with Crippen molar-refractivity contribution < 1.29 is 9.59 Å². The fourth-order valence-electron chi connectivity index (χ4n) is 1.79. The number of hydrogen-bond donors (Lipinski definition) is 3. The highest BCUT2D eigenvalue weighted by atomic mass is 16.2. The first kappa shape index (κ1) is 12.6. The van der Waals surface area contributed by atoms with Crippen molar-refractivity contribution in [2.24, 2.45) is 0 Å². The van der Waals surface area contributed by atoms with Crippen molar-refractivity contribution in [3.05, 3.63) is 11.8 Å². The van der Waals surface area contributed by atoms with Gasteiger partial charge in [0.1, 0.15) is 6.04 Å². The molecule has 6 nitrogen and oxygen atoms in total. The van der Waals surface area contributed by atoms with Crippen LogP contribution >= 0.6 is 0 Å². The lowest BCUT2D eigenvalue weighted by Crippen LogP contribution is -2.37. The standard InChI is InChI=1S/C12H18N4O2/c1-12(2,3)8-6-9(16-15-8)14-11(18)7-4-5-10(17)13-7/h6-7H,4-5H2,1-3H3,(H,13,17)(H2,14,15,16,18)/t7-/m1/s1. The Morgan fingerprint density at radius 2 is 2.22 bits per heavy atom. The van der Waals surface area contributed by atoms with Crippen LogP contribution in [-0.4, -0.2) is 28.1 Å². The van der Waals surface area contributed by atoms with Crippen molar-refractivity contribution in [3.63, 3.8) is 0 Å². The lowest BCUT2D eigenvalue weighted by molar-refractivity contribution is -0.122.